The van der Waals surface area contributed by atoms with Crippen molar-refractivity contribution in [1.82, 2.24) is 9.97 Å². The molecule has 0 saturated heterocycles. The van der Waals surface area contributed by atoms with Crippen molar-refractivity contribution < 1.29 is 18.4 Å². The summed E-state index contributed by atoms with van der Waals surface area (Å²) in [7, 11) is 0. The molecule has 0 unspecified atom stereocenters. The molecule has 0 amide bonds. The van der Waals surface area contributed by atoms with Crippen LogP contribution in [0, 0.1) is 21.7 Å². The van der Waals surface area contributed by atoms with E-state index in [1.165, 1.54) is 0 Å². The maximum atomic E-state index is 13.5. The summed E-state index contributed by atoms with van der Waals surface area (Å²) in [6.45, 7) is 2.12. The number of hydrogen-bond acceptors (Lipinski definition) is 6. The van der Waals surface area contributed by atoms with Gasteiger partial charge < -0.3 is 10.1 Å². The SMILES string of the molecule is CCNc1ncnc(Oc2ccc(F)cc2F)c1[N+](=O)[O-]. The Balaban J connectivity index is 2.43. The van der Waals surface area contributed by atoms with E-state index < -0.39 is 28.1 Å². The quantitative estimate of drug-likeness (QED) is 0.674. The van der Waals surface area contributed by atoms with Crippen molar-refractivity contribution >= 4 is 11.5 Å². The van der Waals surface area contributed by atoms with Gasteiger partial charge in [0.15, 0.2) is 11.6 Å². The van der Waals surface area contributed by atoms with Gasteiger partial charge in [0.2, 0.25) is 5.82 Å². The van der Waals surface area contributed by atoms with Crippen molar-refractivity contribution in [3.05, 3.63) is 46.3 Å². The zero-order chi connectivity index (χ0) is 15.4. The summed E-state index contributed by atoms with van der Waals surface area (Å²) in [4.78, 5) is 17.7. The smallest absolute Gasteiger partial charge is 0.373 e. The number of nitrogens with one attached hydrogen (secondary N) is 1. The van der Waals surface area contributed by atoms with Crippen LogP contribution >= 0.6 is 0 Å². The lowest BCUT2D eigenvalue weighted by molar-refractivity contribution is -0.385. The zero-order valence-electron chi connectivity index (χ0n) is 10.8. The first-order valence-corrected chi connectivity index (χ1v) is 5.89. The van der Waals surface area contributed by atoms with Crippen LogP contribution in [0.3, 0.4) is 0 Å². The summed E-state index contributed by atoms with van der Waals surface area (Å²) >= 11 is 0. The molecule has 2 aromatic rings. The third-order valence-electron chi connectivity index (χ3n) is 2.42. The highest BCUT2D eigenvalue weighted by atomic mass is 19.1. The van der Waals surface area contributed by atoms with Gasteiger partial charge in [0.1, 0.15) is 12.1 Å². The second-order valence-electron chi connectivity index (χ2n) is 3.84. The molecule has 21 heavy (non-hydrogen) atoms. The Morgan fingerprint density at radius 1 is 1.38 bits per heavy atom. The molecule has 110 valence electrons. The number of aromatic nitrogens is 2. The van der Waals surface area contributed by atoms with Gasteiger partial charge in [-0.05, 0) is 19.1 Å². The topological polar surface area (TPSA) is 90.2 Å². The van der Waals surface area contributed by atoms with Crippen molar-refractivity contribution in [3.63, 3.8) is 0 Å². The summed E-state index contributed by atoms with van der Waals surface area (Å²) in [5.74, 6) is -2.63. The number of anilines is 1. The van der Waals surface area contributed by atoms with Gasteiger partial charge in [-0.3, -0.25) is 10.1 Å². The Morgan fingerprint density at radius 2 is 2.14 bits per heavy atom. The first-order valence-electron chi connectivity index (χ1n) is 5.89. The minimum absolute atomic E-state index is 0.0463. The zero-order valence-corrected chi connectivity index (χ0v) is 10.8. The van der Waals surface area contributed by atoms with E-state index in [0.29, 0.717) is 12.6 Å². The molecule has 0 atom stereocenters. The number of benzene rings is 1. The van der Waals surface area contributed by atoms with Crippen LogP contribution in [0.5, 0.6) is 11.6 Å². The van der Waals surface area contributed by atoms with Crippen molar-refractivity contribution in [3.8, 4) is 11.6 Å². The summed E-state index contributed by atoms with van der Waals surface area (Å²) in [6, 6.07) is 2.59. The molecule has 0 radical (unpaired) electrons. The van der Waals surface area contributed by atoms with E-state index in [2.05, 4.69) is 15.3 Å². The third-order valence-corrected chi connectivity index (χ3v) is 2.42. The maximum Gasteiger partial charge on any atom is 0.373 e. The highest BCUT2D eigenvalue weighted by Gasteiger charge is 2.25. The van der Waals surface area contributed by atoms with Gasteiger partial charge in [0, 0.05) is 12.6 Å². The fourth-order valence-corrected chi connectivity index (χ4v) is 1.56. The molecular formula is C12H10F2N4O3. The van der Waals surface area contributed by atoms with E-state index in [9.17, 15) is 18.9 Å². The van der Waals surface area contributed by atoms with Crippen LogP contribution in [0.15, 0.2) is 24.5 Å². The van der Waals surface area contributed by atoms with Gasteiger partial charge in [-0.2, -0.15) is 4.98 Å². The Bertz CT molecular complexity index is 682. The van der Waals surface area contributed by atoms with Gasteiger partial charge in [0.25, 0.3) is 0 Å². The molecule has 0 spiro atoms. The molecule has 0 aliphatic heterocycles. The molecule has 9 heteroatoms. The lowest BCUT2D eigenvalue weighted by Crippen LogP contribution is -2.06. The minimum atomic E-state index is -0.993. The normalized spacial score (nSPS) is 10.2. The largest absolute Gasteiger partial charge is 0.430 e. The molecule has 0 aliphatic rings. The van der Waals surface area contributed by atoms with E-state index in [-0.39, 0.29) is 11.6 Å². The Labute approximate surface area is 117 Å². The average molecular weight is 296 g/mol. The first kappa shape index (κ1) is 14.6. The predicted molar refractivity (Wildman–Crippen MR) is 69.3 cm³/mol. The number of nitrogens with zero attached hydrogens (tertiary/aromatic N) is 3. The Kier molecular flexibility index (Phi) is 4.21. The van der Waals surface area contributed by atoms with Gasteiger partial charge in [-0.1, -0.05) is 0 Å². The van der Waals surface area contributed by atoms with Gasteiger partial charge in [-0.15, -0.1) is 0 Å². The van der Waals surface area contributed by atoms with Crippen LogP contribution in [-0.2, 0) is 0 Å². The van der Waals surface area contributed by atoms with E-state index in [4.69, 9.17) is 4.74 Å². The first-order chi connectivity index (χ1) is 10.0. The number of hydrogen-bond donors (Lipinski definition) is 1. The molecule has 7 nitrogen and oxygen atoms in total. The van der Waals surface area contributed by atoms with Gasteiger partial charge in [-0.25, -0.2) is 13.8 Å². The fraction of sp³-hybridized carbons (Fsp3) is 0.167. The highest BCUT2D eigenvalue weighted by molar-refractivity contribution is 5.61. The fourth-order valence-electron chi connectivity index (χ4n) is 1.56. The molecule has 1 aromatic heterocycles. The second-order valence-corrected chi connectivity index (χ2v) is 3.84. The van der Waals surface area contributed by atoms with Crippen molar-refractivity contribution in [1.29, 1.82) is 0 Å². The van der Waals surface area contributed by atoms with Crippen molar-refractivity contribution in [2.75, 3.05) is 11.9 Å². The molecule has 1 aromatic carbocycles. The molecule has 0 fully saturated rings. The van der Waals surface area contributed by atoms with E-state index in [1.807, 2.05) is 0 Å². The Morgan fingerprint density at radius 3 is 2.76 bits per heavy atom. The average Bonchev–Trinajstić information content (AvgIpc) is 2.42. The van der Waals surface area contributed by atoms with Crippen molar-refractivity contribution in [2.24, 2.45) is 0 Å². The summed E-state index contributed by atoms with van der Waals surface area (Å²) < 4.78 is 31.4. The Hall–Kier alpha value is -2.84. The molecule has 0 saturated carbocycles. The predicted octanol–water partition coefficient (Wildman–Crippen LogP) is 2.89. The number of halogens is 2. The lowest BCUT2D eigenvalue weighted by atomic mass is 10.3. The van der Waals surface area contributed by atoms with Crippen LogP contribution < -0.4 is 10.1 Å². The van der Waals surface area contributed by atoms with Crippen molar-refractivity contribution in [2.45, 2.75) is 6.92 Å². The summed E-state index contributed by atoms with van der Waals surface area (Å²) in [5, 5.41) is 13.8. The van der Waals surface area contributed by atoms with Crippen LogP contribution in [0.4, 0.5) is 20.3 Å². The second kappa shape index (κ2) is 6.07. The standard InChI is InChI=1S/C12H10F2N4O3/c1-2-15-11-10(18(19)20)12(17-6-16-11)21-9-4-3-7(13)5-8(9)14/h3-6H,2H2,1H3,(H,15,16,17). The number of nitro groups is 1. The minimum Gasteiger partial charge on any atom is -0.430 e. The number of rotatable bonds is 5. The van der Waals surface area contributed by atoms with Crippen LogP contribution in [-0.4, -0.2) is 21.4 Å². The summed E-state index contributed by atoms with van der Waals surface area (Å²) in [6.07, 6.45) is 1.04. The molecule has 0 bridgehead atoms. The monoisotopic (exact) mass is 296 g/mol. The van der Waals surface area contributed by atoms with Crippen LogP contribution in [0.1, 0.15) is 6.92 Å². The van der Waals surface area contributed by atoms with Gasteiger partial charge in [0.05, 0.1) is 4.92 Å². The summed E-state index contributed by atoms with van der Waals surface area (Å²) in [5.41, 5.74) is -0.525. The maximum absolute atomic E-state index is 13.5. The molecule has 1 heterocycles. The molecular weight excluding hydrogens is 286 g/mol. The highest BCUT2D eigenvalue weighted by Crippen LogP contribution is 2.34. The lowest BCUT2D eigenvalue weighted by Gasteiger charge is -2.08. The third kappa shape index (κ3) is 3.19. The number of ether oxygens (including phenoxy) is 1. The van der Waals surface area contributed by atoms with Crippen LogP contribution in [0.25, 0.3) is 0 Å². The van der Waals surface area contributed by atoms with E-state index >= 15 is 0 Å². The van der Waals surface area contributed by atoms with E-state index in [1.54, 1.807) is 6.92 Å². The molecule has 1 N–H and O–H groups in total. The van der Waals surface area contributed by atoms with Gasteiger partial charge >= 0.3 is 11.6 Å². The molecule has 2 rings (SSSR count). The molecule has 0 aliphatic carbocycles. The van der Waals surface area contributed by atoms with Crippen LogP contribution in [0.2, 0.25) is 0 Å². The van der Waals surface area contributed by atoms with E-state index in [0.717, 1.165) is 18.5 Å².